The predicted molar refractivity (Wildman–Crippen MR) is 71.3 cm³/mol. The summed E-state index contributed by atoms with van der Waals surface area (Å²) >= 11 is 0. The quantitative estimate of drug-likeness (QED) is 0.485. The second-order valence-corrected chi connectivity index (χ2v) is 4.17. The summed E-state index contributed by atoms with van der Waals surface area (Å²) in [7, 11) is 0. The first-order valence-corrected chi connectivity index (χ1v) is 6.34. The predicted octanol–water partition coefficient (Wildman–Crippen LogP) is 0.124. The lowest BCUT2D eigenvalue weighted by atomic mass is 10.1. The maximum atomic E-state index is 11.6. The third-order valence-corrected chi connectivity index (χ3v) is 2.67. The number of ketones is 2. The van der Waals surface area contributed by atoms with E-state index in [4.69, 9.17) is 10.8 Å². The minimum atomic E-state index is -0.0205. The van der Waals surface area contributed by atoms with Gasteiger partial charge in [0.2, 0.25) is 0 Å². The second-order valence-electron chi connectivity index (χ2n) is 4.17. The molecule has 0 saturated heterocycles. The molecule has 0 aromatic carbocycles. The molecule has 0 atom stereocenters. The van der Waals surface area contributed by atoms with Crippen molar-refractivity contribution in [3.8, 4) is 0 Å². The van der Waals surface area contributed by atoms with Gasteiger partial charge in [-0.25, -0.2) is 0 Å². The van der Waals surface area contributed by atoms with Crippen molar-refractivity contribution in [1.29, 1.82) is 0 Å². The Morgan fingerprint density at radius 2 is 1.89 bits per heavy atom. The van der Waals surface area contributed by atoms with E-state index in [1.165, 1.54) is 6.08 Å². The lowest BCUT2D eigenvalue weighted by Crippen LogP contribution is -2.33. The van der Waals surface area contributed by atoms with Crippen LogP contribution < -0.4 is 5.73 Å². The third kappa shape index (κ3) is 9.04. The fourth-order valence-corrected chi connectivity index (χ4v) is 1.63. The number of aliphatic hydroxyl groups is 1. The van der Waals surface area contributed by atoms with Crippen molar-refractivity contribution in [2.45, 2.75) is 25.7 Å². The third-order valence-electron chi connectivity index (χ3n) is 2.67. The Hall–Kier alpha value is -1.04. The molecule has 18 heavy (non-hydrogen) atoms. The zero-order chi connectivity index (χ0) is 13.8. The molecule has 0 rings (SSSR count). The molecular weight excluding hydrogens is 232 g/mol. The van der Waals surface area contributed by atoms with Crippen LogP contribution in [0.15, 0.2) is 12.7 Å². The Balaban J connectivity index is 3.72. The molecule has 0 aromatic heterocycles. The molecule has 0 aromatic rings. The summed E-state index contributed by atoms with van der Waals surface area (Å²) < 4.78 is 0. The van der Waals surface area contributed by atoms with Crippen LogP contribution >= 0.6 is 0 Å². The average Bonchev–Trinajstić information content (AvgIpc) is 2.36. The fourth-order valence-electron chi connectivity index (χ4n) is 1.63. The Kier molecular flexibility index (Phi) is 10.4. The fraction of sp³-hybridized carbons (Fsp3) is 0.692. The molecule has 0 unspecified atom stereocenters. The maximum absolute atomic E-state index is 11.6. The summed E-state index contributed by atoms with van der Waals surface area (Å²) in [6.07, 6.45) is 3.13. The molecule has 0 bridgehead atoms. The maximum Gasteiger partial charge on any atom is 0.155 e. The molecule has 3 N–H and O–H groups in total. The molecule has 5 nitrogen and oxygen atoms in total. The Morgan fingerprint density at radius 3 is 2.44 bits per heavy atom. The summed E-state index contributed by atoms with van der Waals surface area (Å²) in [5.74, 6) is 0.125. The van der Waals surface area contributed by atoms with Crippen molar-refractivity contribution in [3.63, 3.8) is 0 Å². The largest absolute Gasteiger partial charge is 0.395 e. The van der Waals surface area contributed by atoms with Crippen molar-refractivity contribution in [2.24, 2.45) is 5.73 Å². The van der Waals surface area contributed by atoms with Gasteiger partial charge in [-0.3, -0.25) is 14.5 Å². The summed E-state index contributed by atoms with van der Waals surface area (Å²) in [6.45, 7) is 5.81. The molecular formula is C13H24N2O3. The number of carbonyl (C=O) groups is 2. The number of carbonyl (C=O) groups excluding carboxylic acids is 2. The Labute approximate surface area is 109 Å². The number of nitrogens with two attached hydrogens (primary N) is 1. The average molecular weight is 256 g/mol. The zero-order valence-electron chi connectivity index (χ0n) is 10.9. The van der Waals surface area contributed by atoms with Crippen LogP contribution in [0.4, 0.5) is 0 Å². The number of hydrogen-bond donors (Lipinski definition) is 2. The number of allylic oxidation sites excluding steroid dienone is 1. The lowest BCUT2D eigenvalue weighted by Gasteiger charge is -2.19. The molecule has 0 fully saturated rings. The van der Waals surface area contributed by atoms with Gasteiger partial charge in [0.25, 0.3) is 0 Å². The van der Waals surface area contributed by atoms with Gasteiger partial charge in [0.1, 0.15) is 5.78 Å². The Bertz CT molecular complexity index is 261. The first-order chi connectivity index (χ1) is 8.63. The number of hydrogen-bond acceptors (Lipinski definition) is 5. The van der Waals surface area contributed by atoms with Crippen molar-refractivity contribution < 1.29 is 14.7 Å². The van der Waals surface area contributed by atoms with Crippen molar-refractivity contribution in [1.82, 2.24) is 4.90 Å². The molecule has 104 valence electrons. The van der Waals surface area contributed by atoms with Crippen molar-refractivity contribution in [3.05, 3.63) is 12.7 Å². The van der Waals surface area contributed by atoms with Crippen LogP contribution in [0.5, 0.6) is 0 Å². The highest BCUT2D eigenvalue weighted by Crippen LogP contribution is 2.02. The van der Waals surface area contributed by atoms with E-state index >= 15 is 0 Å². The van der Waals surface area contributed by atoms with Crippen LogP contribution in [0.1, 0.15) is 25.7 Å². The normalized spacial score (nSPS) is 10.6. The van der Waals surface area contributed by atoms with E-state index in [0.29, 0.717) is 51.9 Å². The van der Waals surface area contributed by atoms with Crippen LogP contribution in [0.25, 0.3) is 0 Å². The smallest absolute Gasteiger partial charge is 0.155 e. The van der Waals surface area contributed by atoms with Crippen LogP contribution in [0, 0.1) is 0 Å². The van der Waals surface area contributed by atoms with E-state index < -0.39 is 0 Å². The molecule has 0 aliphatic heterocycles. The molecule has 0 spiro atoms. The van der Waals surface area contributed by atoms with E-state index in [1.807, 2.05) is 4.90 Å². The van der Waals surface area contributed by atoms with Crippen LogP contribution in [-0.2, 0) is 9.59 Å². The van der Waals surface area contributed by atoms with E-state index in [9.17, 15) is 9.59 Å². The van der Waals surface area contributed by atoms with Crippen molar-refractivity contribution >= 4 is 11.6 Å². The van der Waals surface area contributed by atoms with E-state index in [0.717, 1.165) is 0 Å². The van der Waals surface area contributed by atoms with Gasteiger partial charge in [0, 0.05) is 45.4 Å². The van der Waals surface area contributed by atoms with Crippen LogP contribution in [-0.4, -0.2) is 54.4 Å². The summed E-state index contributed by atoms with van der Waals surface area (Å²) in [4.78, 5) is 24.5. The van der Waals surface area contributed by atoms with Gasteiger partial charge in [-0.15, -0.1) is 0 Å². The van der Waals surface area contributed by atoms with Gasteiger partial charge in [-0.1, -0.05) is 6.58 Å². The molecule has 0 aliphatic carbocycles. The lowest BCUT2D eigenvalue weighted by molar-refractivity contribution is -0.119. The minimum Gasteiger partial charge on any atom is -0.395 e. The minimum absolute atomic E-state index is 0.0205. The highest BCUT2D eigenvalue weighted by atomic mass is 16.3. The summed E-state index contributed by atoms with van der Waals surface area (Å²) in [5.41, 5.74) is 5.44. The van der Waals surface area contributed by atoms with E-state index in [2.05, 4.69) is 6.58 Å². The van der Waals surface area contributed by atoms with E-state index in [-0.39, 0.29) is 18.2 Å². The molecule has 0 saturated carbocycles. The summed E-state index contributed by atoms with van der Waals surface area (Å²) in [5, 5.41) is 8.84. The van der Waals surface area contributed by atoms with E-state index in [1.54, 1.807) is 0 Å². The van der Waals surface area contributed by atoms with Gasteiger partial charge in [0.15, 0.2) is 5.78 Å². The first kappa shape index (κ1) is 17.0. The number of Topliss-reactive ketones (excluding diaryl/α,β-unsaturated/α-hetero) is 1. The topological polar surface area (TPSA) is 83.6 Å². The molecule has 0 aliphatic rings. The molecule has 0 heterocycles. The van der Waals surface area contributed by atoms with Gasteiger partial charge < -0.3 is 10.8 Å². The van der Waals surface area contributed by atoms with Gasteiger partial charge in [-0.05, 0) is 12.5 Å². The van der Waals surface area contributed by atoms with Gasteiger partial charge >= 0.3 is 0 Å². The van der Waals surface area contributed by atoms with Gasteiger partial charge in [-0.2, -0.15) is 0 Å². The SMILES string of the molecule is C=CC(=O)CCCC(=O)CCN(CCN)CCO. The van der Waals surface area contributed by atoms with Crippen LogP contribution in [0.3, 0.4) is 0 Å². The number of aliphatic hydroxyl groups excluding tert-OH is 1. The number of nitrogens with zero attached hydrogens (tertiary/aromatic N) is 1. The number of rotatable bonds is 12. The highest BCUT2D eigenvalue weighted by molar-refractivity contribution is 5.89. The highest BCUT2D eigenvalue weighted by Gasteiger charge is 2.08. The van der Waals surface area contributed by atoms with Crippen molar-refractivity contribution in [2.75, 3.05) is 32.8 Å². The monoisotopic (exact) mass is 256 g/mol. The standard InChI is InChI=1S/C13H24N2O3/c1-2-12(17)4-3-5-13(18)6-8-15(9-7-14)10-11-16/h2,16H,1,3-11,14H2. The van der Waals surface area contributed by atoms with Gasteiger partial charge in [0.05, 0.1) is 6.61 Å². The molecule has 0 radical (unpaired) electrons. The van der Waals surface area contributed by atoms with Crippen LogP contribution in [0.2, 0.25) is 0 Å². The molecule has 0 amide bonds. The second kappa shape index (κ2) is 11.1. The summed E-state index contributed by atoms with van der Waals surface area (Å²) in [6, 6.07) is 0. The first-order valence-electron chi connectivity index (χ1n) is 6.34. The molecule has 5 heteroatoms. The Morgan fingerprint density at radius 1 is 1.17 bits per heavy atom. The zero-order valence-corrected chi connectivity index (χ0v) is 10.9.